The van der Waals surface area contributed by atoms with E-state index in [1.807, 2.05) is 6.26 Å². The highest BCUT2D eigenvalue weighted by atomic mass is 32.2. The maximum atomic E-state index is 12.2. The number of hydrogen-bond donors (Lipinski definition) is 6. The van der Waals surface area contributed by atoms with Crippen molar-refractivity contribution in [2.24, 2.45) is 5.73 Å². The lowest BCUT2D eigenvalue weighted by atomic mass is 10.2. The SMILES string of the molecule is CSCCC(NC(=O)CN)C(=O)NC(C)C(=O)NC(CS)C(=O)O. The summed E-state index contributed by atoms with van der Waals surface area (Å²) in [6, 6.07) is -2.93. The van der Waals surface area contributed by atoms with Gasteiger partial charge in [-0.15, -0.1) is 0 Å². The van der Waals surface area contributed by atoms with Crippen molar-refractivity contribution < 1.29 is 24.3 Å². The molecule has 0 saturated carbocycles. The van der Waals surface area contributed by atoms with Gasteiger partial charge in [-0.25, -0.2) is 4.79 Å². The Morgan fingerprint density at radius 3 is 2.21 bits per heavy atom. The third-order valence-electron chi connectivity index (χ3n) is 3.00. The van der Waals surface area contributed by atoms with Crippen LogP contribution in [0.15, 0.2) is 0 Å². The number of carbonyl (C=O) groups is 4. The van der Waals surface area contributed by atoms with Crippen LogP contribution in [0.5, 0.6) is 0 Å². The van der Waals surface area contributed by atoms with Gasteiger partial charge in [0.05, 0.1) is 6.54 Å². The predicted molar refractivity (Wildman–Crippen MR) is 95.0 cm³/mol. The van der Waals surface area contributed by atoms with Gasteiger partial charge in [-0.3, -0.25) is 14.4 Å². The molecule has 0 heterocycles. The summed E-state index contributed by atoms with van der Waals surface area (Å²) in [5.74, 6) is -2.33. The lowest BCUT2D eigenvalue weighted by molar-refractivity contribution is -0.141. The number of carbonyl (C=O) groups excluding carboxylic acids is 3. The van der Waals surface area contributed by atoms with Gasteiger partial charge >= 0.3 is 5.97 Å². The van der Waals surface area contributed by atoms with E-state index in [9.17, 15) is 19.2 Å². The van der Waals surface area contributed by atoms with E-state index in [4.69, 9.17) is 10.8 Å². The molecule has 9 nitrogen and oxygen atoms in total. The molecule has 0 saturated heterocycles. The summed E-state index contributed by atoms with van der Waals surface area (Å²) in [4.78, 5) is 46.4. The summed E-state index contributed by atoms with van der Waals surface area (Å²) in [7, 11) is 0. The van der Waals surface area contributed by atoms with Gasteiger partial charge in [0.25, 0.3) is 0 Å². The first-order valence-electron chi connectivity index (χ1n) is 7.19. The fourth-order valence-corrected chi connectivity index (χ4v) is 2.34. The van der Waals surface area contributed by atoms with Crippen LogP contribution >= 0.6 is 24.4 Å². The monoisotopic (exact) mass is 380 g/mol. The average molecular weight is 380 g/mol. The Morgan fingerprint density at radius 2 is 1.75 bits per heavy atom. The first-order chi connectivity index (χ1) is 11.3. The molecule has 0 rings (SSSR count). The highest BCUT2D eigenvalue weighted by molar-refractivity contribution is 7.98. The first-order valence-corrected chi connectivity index (χ1v) is 9.22. The molecule has 6 N–H and O–H groups in total. The molecule has 0 aliphatic carbocycles. The molecule has 0 fully saturated rings. The topological polar surface area (TPSA) is 151 Å². The van der Waals surface area contributed by atoms with E-state index < -0.39 is 41.8 Å². The molecule has 0 aliphatic heterocycles. The second-order valence-electron chi connectivity index (χ2n) is 4.92. The van der Waals surface area contributed by atoms with E-state index >= 15 is 0 Å². The van der Waals surface area contributed by atoms with Gasteiger partial charge in [0.1, 0.15) is 18.1 Å². The molecule has 3 amide bonds. The number of amides is 3. The van der Waals surface area contributed by atoms with Crippen molar-refractivity contribution in [3.05, 3.63) is 0 Å². The number of nitrogens with one attached hydrogen (secondary N) is 3. The zero-order valence-corrected chi connectivity index (χ0v) is 15.3. The molecule has 0 bridgehead atoms. The maximum Gasteiger partial charge on any atom is 0.327 e. The van der Waals surface area contributed by atoms with Crippen LogP contribution in [0.1, 0.15) is 13.3 Å². The molecular weight excluding hydrogens is 356 g/mol. The summed E-state index contributed by atoms with van der Waals surface area (Å²) in [5, 5.41) is 16.1. The second-order valence-corrected chi connectivity index (χ2v) is 6.27. The van der Waals surface area contributed by atoms with Gasteiger partial charge in [-0.05, 0) is 25.4 Å². The third kappa shape index (κ3) is 8.41. The molecule has 0 radical (unpaired) electrons. The number of carboxylic acid groups (broad SMARTS) is 1. The Balaban J connectivity index is 4.72. The van der Waals surface area contributed by atoms with Crippen LogP contribution in [0.4, 0.5) is 0 Å². The van der Waals surface area contributed by atoms with Crippen LogP contribution < -0.4 is 21.7 Å². The Bertz CT molecular complexity index is 464. The summed E-state index contributed by atoms with van der Waals surface area (Å²) in [6.07, 6.45) is 2.24. The Morgan fingerprint density at radius 1 is 1.12 bits per heavy atom. The van der Waals surface area contributed by atoms with Crippen molar-refractivity contribution >= 4 is 48.1 Å². The molecule has 24 heavy (non-hydrogen) atoms. The predicted octanol–water partition coefficient (Wildman–Crippen LogP) is -1.81. The van der Waals surface area contributed by atoms with Crippen molar-refractivity contribution in [2.45, 2.75) is 31.5 Å². The van der Waals surface area contributed by atoms with E-state index in [0.717, 1.165) is 0 Å². The zero-order chi connectivity index (χ0) is 18.7. The van der Waals surface area contributed by atoms with Gasteiger partial charge in [0.15, 0.2) is 0 Å². The normalized spacial score (nSPS) is 14.2. The molecule has 0 spiro atoms. The van der Waals surface area contributed by atoms with E-state index in [-0.39, 0.29) is 12.3 Å². The van der Waals surface area contributed by atoms with Gasteiger partial charge in [-0.2, -0.15) is 24.4 Å². The standard InChI is InChI=1S/C13H24N4O5S2/c1-7(11(19)17-9(6-23)13(21)22)15-12(20)8(3-4-24-2)16-10(18)5-14/h7-9,23H,3-6,14H2,1-2H3,(H,15,20)(H,16,18)(H,17,19)(H,21,22). The minimum absolute atomic E-state index is 0.0787. The fraction of sp³-hybridized carbons (Fsp3) is 0.692. The van der Waals surface area contributed by atoms with Gasteiger partial charge in [-0.1, -0.05) is 0 Å². The molecular formula is C13H24N4O5S2. The van der Waals surface area contributed by atoms with E-state index in [1.165, 1.54) is 18.7 Å². The highest BCUT2D eigenvalue weighted by Gasteiger charge is 2.26. The molecule has 0 aromatic heterocycles. The zero-order valence-electron chi connectivity index (χ0n) is 13.6. The Hall–Kier alpha value is -1.46. The van der Waals surface area contributed by atoms with Crippen LogP contribution in [0.3, 0.4) is 0 Å². The second kappa shape index (κ2) is 12.0. The van der Waals surface area contributed by atoms with Gasteiger partial charge < -0.3 is 26.8 Å². The van der Waals surface area contributed by atoms with E-state index in [2.05, 4.69) is 28.6 Å². The average Bonchev–Trinajstić information content (AvgIpc) is 2.55. The summed E-state index contributed by atoms with van der Waals surface area (Å²) in [6.45, 7) is 1.17. The lowest BCUT2D eigenvalue weighted by Crippen LogP contribution is -2.55. The summed E-state index contributed by atoms with van der Waals surface area (Å²) in [5.41, 5.74) is 5.22. The van der Waals surface area contributed by atoms with Crippen molar-refractivity contribution in [3.63, 3.8) is 0 Å². The van der Waals surface area contributed by atoms with Crippen LogP contribution in [-0.2, 0) is 19.2 Å². The van der Waals surface area contributed by atoms with Crippen molar-refractivity contribution in [2.75, 3.05) is 24.3 Å². The molecule has 11 heteroatoms. The van der Waals surface area contributed by atoms with Crippen molar-refractivity contribution in [1.29, 1.82) is 0 Å². The molecule has 3 atom stereocenters. The molecule has 138 valence electrons. The highest BCUT2D eigenvalue weighted by Crippen LogP contribution is 2.02. The number of rotatable bonds is 11. The van der Waals surface area contributed by atoms with E-state index in [0.29, 0.717) is 12.2 Å². The number of aliphatic carboxylic acids is 1. The number of thiol groups is 1. The fourth-order valence-electron chi connectivity index (χ4n) is 1.62. The van der Waals surface area contributed by atoms with Crippen molar-refractivity contribution in [3.8, 4) is 0 Å². The van der Waals surface area contributed by atoms with Crippen LogP contribution in [-0.4, -0.2) is 71.2 Å². The minimum atomic E-state index is -1.22. The number of carboxylic acids is 1. The van der Waals surface area contributed by atoms with E-state index in [1.54, 1.807) is 0 Å². The van der Waals surface area contributed by atoms with Gasteiger partial charge in [0.2, 0.25) is 17.7 Å². The molecule has 0 aromatic rings. The lowest BCUT2D eigenvalue weighted by Gasteiger charge is -2.21. The summed E-state index contributed by atoms with van der Waals surface area (Å²) < 4.78 is 0. The number of nitrogens with two attached hydrogens (primary N) is 1. The van der Waals surface area contributed by atoms with Crippen molar-refractivity contribution in [1.82, 2.24) is 16.0 Å². The van der Waals surface area contributed by atoms with Crippen LogP contribution in [0.25, 0.3) is 0 Å². The van der Waals surface area contributed by atoms with Gasteiger partial charge in [0, 0.05) is 5.75 Å². The van der Waals surface area contributed by atoms with Crippen LogP contribution in [0, 0.1) is 0 Å². The minimum Gasteiger partial charge on any atom is -0.480 e. The number of hydrogen-bond acceptors (Lipinski definition) is 7. The van der Waals surface area contributed by atoms with Crippen LogP contribution in [0.2, 0.25) is 0 Å². The Labute approximate surface area is 150 Å². The Kier molecular flexibility index (Phi) is 11.3. The molecule has 0 aliphatic rings. The largest absolute Gasteiger partial charge is 0.480 e. The maximum absolute atomic E-state index is 12.2. The first kappa shape index (κ1) is 22.5. The summed E-state index contributed by atoms with van der Waals surface area (Å²) >= 11 is 5.35. The molecule has 3 unspecified atom stereocenters. The molecule has 0 aromatic carbocycles. The smallest absolute Gasteiger partial charge is 0.327 e. The third-order valence-corrected chi connectivity index (χ3v) is 4.01. The quantitative estimate of drug-likeness (QED) is 0.231. The number of thioether (sulfide) groups is 1.